The second kappa shape index (κ2) is 22.3. The summed E-state index contributed by atoms with van der Waals surface area (Å²) in [6, 6.07) is 83.7. The Hall–Kier alpha value is -8.94. The lowest BCUT2D eigenvalue weighted by molar-refractivity contribution is -0.148. The molecule has 0 saturated carbocycles. The molecule has 0 aliphatic heterocycles. The van der Waals surface area contributed by atoms with E-state index in [2.05, 4.69) is 108 Å². The van der Waals surface area contributed by atoms with Crippen molar-refractivity contribution < 1.29 is 19.8 Å². The van der Waals surface area contributed by atoms with Crippen LogP contribution in [0.4, 0.5) is 0 Å². The molecule has 12 aromatic rings. The van der Waals surface area contributed by atoms with Crippen LogP contribution < -0.4 is 10.6 Å². The third-order valence-electron chi connectivity index (χ3n) is 17.5. The minimum atomic E-state index is -1.69. The van der Waals surface area contributed by atoms with Crippen LogP contribution in [0.1, 0.15) is 72.2 Å². The highest BCUT2D eigenvalue weighted by atomic mass is 16.3. The molecule has 0 bridgehead atoms. The molecule has 81 heavy (non-hydrogen) atoms. The van der Waals surface area contributed by atoms with Crippen molar-refractivity contribution in [1.82, 2.24) is 10.6 Å². The van der Waals surface area contributed by atoms with Crippen LogP contribution in [0.3, 0.4) is 0 Å². The van der Waals surface area contributed by atoms with E-state index in [9.17, 15) is 10.2 Å². The lowest BCUT2D eigenvalue weighted by Gasteiger charge is -2.42. The highest BCUT2D eigenvalue weighted by molar-refractivity contribution is 6.06. The number of hydrogen-bond acceptors (Lipinski definition) is 4. The van der Waals surface area contributed by atoms with Gasteiger partial charge in [0.1, 0.15) is 5.41 Å². The number of nitrogens with one attached hydrogen (secondary N) is 2. The molecule has 0 fully saturated rings. The summed E-state index contributed by atoms with van der Waals surface area (Å²) in [7, 11) is 0. The molecule has 0 unspecified atom stereocenters. The molecule has 0 radical (unpaired) electrons. The maximum atomic E-state index is 16.4. The van der Waals surface area contributed by atoms with Crippen LogP contribution in [0.5, 0.6) is 0 Å². The van der Waals surface area contributed by atoms with Crippen molar-refractivity contribution >= 4 is 76.4 Å². The first kappa shape index (κ1) is 52.7. The van der Waals surface area contributed by atoms with Crippen molar-refractivity contribution in [1.29, 1.82) is 0 Å². The maximum absolute atomic E-state index is 16.4. The van der Waals surface area contributed by atoms with Gasteiger partial charge in [-0.25, -0.2) is 0 Å². The van der Waals surface area contributed by atoms with Crippen LogP contribution in [0.25, 0.3) is 64.6 Å². The number of rotatable bonds is 18. The van der Waals surface area contributed by atoms with Gasteiger partial charge in [-0.2, -0.15) is 0 Å². The molecule has 12 aromatic carbocycles. The summed E-state index contributed by atoms with van der Waals surface area (Å²) in [5.74, 6) is -1.03. The van der Waals surface area contributed by atoms with Gasteiger partial charge in [0.2, 0.25) is 11.8 Å². The standard InChI is InChI=1S/C75H66N2O4/c1-3-73(4-2,71(78)76-69(67-45-21-33-55-27-9-15-43-65(55)67)74(80,47-57-35-17-29-51-23-5-11-39-61(51)57)48-58-36-18-30-52-24-6-12-40-62(52)58)72(79)77-70(68-46-22-34-56-28-10-16-44-66(56)68)75(81,49-59-37-19-31-53-25-7-13-41-63(53)59)50-60-38-20-32-54-26-8-14-42-64(54)60/h5-46,69-70,80-81H,3-4,47-50H2,1-2H3,(H,76,78)(H,77,79)/t69-,70-/m0/s1. The van der Waals surface area contributed by atoms with E-state index in [0.29, 0.717) is 0 Å². The van der Waals surface area contributed by atoms with E-state index in [4.69, 9.17) is 0 Å². The van der Waals surface area contributed by atoms with Gasteiger partial charge in [0.15, 0.2) is 0 Å². The fourth-order valence-corrected chi connectivity index (χ4v) is 13.2. The number of benzene rings is 12. The second-order valence-electron chi connectivity index (χ2n) is 22.2. The number of carbonyl (C=O) groups excluding carboxylic acids is 2. The Morgan fingerprint density at radius 2 is 0.543 bits per heavy atom. The molecule has 12 rings (SSSR count). The largest absolute Gasteiger partial charge is 0.387 e. The van der Waals surface area contributed by atoms with Crippen LogP contribution in [-0.4, -0.2) is 33.2 Å². The summed E-state index contributed by atoms with van der Waals surface area (Å²) in [4.78, 5) is 32.7. The van der Waals surface area contributed by atoms with E-state index in [1.165, 1.54) is 0 Å². The van der Waals surface area contributed by atoms with E-state index < -0.39 is 40.5 Å². The summed E-state index contributed by atoms with van der Waals surface area (Å²) in [6.45, 7) is 3.78. The fraction of sp³-hybridized carbons (Fsp3) is 0.173. The minimum absolute atomic E-state index is 0.127. The number of carbonyl (C=O) groups is 2. The van der Waals surface area contributed by atoms with Gasteiger partial charge in [-0.1, -0.05) is 269 Å². The van der Waals surface area contributed by atoms with E-state index in [1.54, 1.807) is 0 Å². The molecular formula is C75H66N2O4. The van der Waals surface area contributed by atoms with Gasteiger partial charge in [-0.05, 0) is 111 Å². The van der Waals surface area contributed by atoms with Crippen LogP contribution >= 0.6 is 0 Å². The Kier molecular flexibility index (Phi) is 14.5. The molecular weight excluding hydrogens is 993 g/mol. The Morgan fingerprint density at radius 3 is 0.815 bits per heavy atom. The van der Waals surface area contributed by atoms with Gasteiger partial charge in [0, 0.05) is 25.7 Å². The molecule has 0 saturated heterocycles. The lowest BCUT2D eigenvalue weighted by Crippen LogP contribution is -2.58. The van der Waals surface area contributed by atoms with Gasteiger partial charge in [-0.15, -0.1) is 0 Å². The number of hydrogen-bond donors (Lipinski definition) is 4. The first-order chi connectivity index (χ1) is 39.6. The molecule has 6 nitrogen and oxygen atoms in total. The Morgan fingerprint density at radius 1 is 0.321 bits per heavy atom. The molecule has 400 valence electrons. The van der Waals surface area contributed by atoms with Gasteiger partial charge < -0.3 is 20.8 Å². The predicted molar refractivity (Wildman–Crippen MR) is 333 cm³/mol. The van der Waals surface area contributed by atoms with Crippen molar-refractivity contribution in [2.75, 3.05) is 0 Å². The molecule has 2 atom stereocenters. The Labute approximate surface area is 473 Å². The third-order valence-corrected chi connectivity index (χ3v) is 17.5. The zero-order valence-electron chi connectivity index (χ0n) is 45.9. The summed E-state index contributed by atoms with van der Waals surface area (Å²) in [5, 5.41) is 47.5. The first-order valence-electron chi connectivity index (χ1n) is 28.5. The fourth-order valence-electron chi connectivity index (χ4n) is 13.2. The van der Waals surface area contributed by atoms with Gasteiger partial charge in [0.25, 0.3) is 0 Å². The van der Waals surface area contributed by atoms with Gasteiger partial charge in [0.05, 0.1) is 23.3 Å². The first-order valence-corrected chi connectivity index (χ1v) is 28.5. The van der Waals surface area contributed by atoms with Crippen molar-refractivity contribution in [2.24, 2.45) is 5.41 Å². The normalized spacial score (nSPS) is 13.0. The van der Waals surface area contributed by atoms with E-state index in [-0.39, 0.29) is 38.5 Å². The quantitative estimate of drug-likeness (QED) is 0.0644. The average Bonchev–Trinajstić information content (AvgIpc) is 3.70. The molecule has 0 spiro atoms. The highest BCUT2D eigenvalue weighted by Crippen LogP contribution is 2.43. The number of aliphatic hydroxyl groups is 2. The smallest absolute Gasteiger partial charge is 0.236 e. The van der Waals surface area contributed by atoms with Crippen molar-refractivity contribution in [3.63, 3.8) is 0 Å². The van der Waals surface area contributed by atoms with Crippen molar-refractivity contribution in [3.05, 3.63) is 288 Å². The summed E-state index contributed by atoms with van der Waals surface area (Å²) >= 11 is 0. The van der Waals surface area contributed by atoms with Crippen LogP contribution in [-0.2, 0) is 35.3 Å². The number of fused-ring (bicyclic) bond motifs is 6. The number of amides is 2. The molecule has 0 aliphatic carbocycles. The zero-order chi connectivity index (χ0) is 55.6. The van der Waals surface area contributed by atoms with Gasteiger partial charge >= 0.3 is 0 Å². The lowest BCUT2D eigenvalue weighted by atomic mass is 9.74. The van der Waals surface area contributed by atoms with E-state index in [1.807, 2.05) is 172 Å². The van der Waals surface area contributed by atoms with Crippen molar-refractivity contribution in [2.45, 2.75) is 75.7 Å². The monoisotopic (exact) mass is 1060 g/mol. The van der Waals surface area contributed by atoms with Crippen LogP contribution in [0, 0.1) is 5.41 Å². The maximum Gasteiger partial charge on any atom is 0.236 e. The van der Waals surface area contributed by atoms with Gasteiger partial charge in [-0.3, -0.25) is 9.59 Å². The van der Waals surface area contributed by atoms with Crippen molar-refractivity contribution in [3.8, 4) is 0 Å². The Balaban J connectivity index is 1.02. The van der Waals surface area contributed by atoms with Crippen LogP contribution in [0.15, 0.2) is 255 Å². The highest BCUT2D eigenvalue weighted by Gasteiger charge is 2.50. The zero-order valence-corrected chi connectivity index (χ0v) is 45.9. The summed E-state index contributed by atoms with van der Waals surface area (Å²) < 4.78 is 0. The molecule has 4 N–H and O–H groups in total. The SMILES string of the molecule is CCC(CC)(C(=O)N[C@@H](c1cccc2ccccc12)C(O)(Cc1cccc2ccccc12)Cc1cccc2ccccc12)C(=O)N[C@@H](c1cccc2ccccc12)C(O)(Cc1cccc2ccccc12)Cc1cccc2ccccc12. The molecule has 0 heterocycles. The third kappa shape index (κ3) is 10.1. The molecule has 0 aliphatic rings. The molecule has 0 aromatic heterocycles. The summed E-state index contributed by atoms with van der Waals surface area (Å²) in [6.07, 6.45) is 0.927. The second-order valence-corrected chi connectivity index (χ2v) is 22.2. The average molecular weight is 1060 g/mol. The predicted octanol–water partition coefficient (Wildman–Crippen LogP) is 15.9. The summed E-state index contributed by atoms with van der Waals surface area (Å²) in [5.41, 5.74) is 0.143. The Bertz CT molecular complexity index is 3830. The molecule has 6 heteroatoms. The van der Waals surface area contributed by atoms with E-state index >= 15 is 9.59 Å². The van der Waals surface area contributed by atoms with Crippen LogP contribution in [0.2, 0.25) is 0 Å². The van der Waals surface area contributed by atoms with E-state index in [0.717, 1.165) is 98.0 Å². The molecule has 2 amide bonds. The minimum Gasteiger partial charge on any atom is -0.387 e. The topological polar surface area (TPSA) is 98.7 Å².